The van der Waals surface area contributed by atoms with Crippen molar-refractivity contribution in [2.75, 3.05) is 31.1 Å². The molecule has 3 aliphatic heterocycles. The minimum Gasteiger partial charge on any atom is -0.477 e. The first-order chi connectivity index (χ1) is 14.0. The fourth-order valence-corrected chi connectivity index (χ4v) is 7.01. The van der Waals surface area contributed by atoms with Gasteiger partial charge in [-0.05, 0) is 6.07 Å². The summed E-state index contributed by atoms with van der Waals surface area (Å²) < 4.78 is 23.0. The molecule has 5 heterocycles. The molecule has 0 unspecified atom stereocenters. The molecule has 0 amide bonds. The molecule has 7 nitrogen and oxygen atoms in total. The number of aromatic nitrogens is 1. The highest BCUT2D eigenvalue weighted by Gasteiger charge is 2.38. The number of morpholine rings is 1. The van der Waals surface area contributed by atoms with Gasteiger partial charge in [0.2, 0.25) is 5.43 Å². The van der Waals surface area contributed by atoms with Gasteiger partial charge >= 0.3 is 5.97 Å². The lowest BCUT2D eigenvalue weighted by molar-refractivity contribution is 0.0212. The van der Waals surface area contributed by atoms with Crippen LogP contribution in [0.2, 0.25) is 0 Å². The summed E-state index contributed by atoms with van der Waals surface area (Å²) in [5.41, 5.74) is 1.10. The first kappa shape index (κ1) is 17.7. The number of thioether (sulfide) groups is 1. The monoisotopic (exact) mass is 433 g/mol. The van der Waals surface area contributed by atoms with Gasteiger partial charge in [-0.1, -0.05) is 0 Å². The van der Waals surface area contributed by atoms with E-state index in [1.165, 1.54) is 29.2 Å². The van der Waals surface area contributed by atoms with E-state index >= 15 is 4.39 Å². The quantitative estimate of drug-likeness (QED) is 0.641. The van der Waals surface area contributed by atoms with Crippen molar-refractivity contribution in [1.29, 1.82) is 0 Å². The van der Waals surface area contributed by atoms with Crippen LogP contribution in [0, 0.1) is 5.82 Å². The Morgan fingerprint density at radius 3 is 3.03 bits per heavy atom. The Hall–Kier alpha value is -2.14. The number of carboxylic acids is 1. The Bertz CT molecular complexity index is 1260. The van der Waals surface area contributed by atoms with Crippen LogP contribution < -0.4 is 15.6 Å². The minimum atomic E-state index is -1.28. The van der Waals surface area contributed by atoms with Gasteiger partial charge in [0, 0.05) is 36.5 Å². The second-order valence-electron chi connectivity index (χ2n) is 7.47. The summed E-state index contributed by atoms with van der Waals surface area (Å²) in [6, 6.07) is 1.35. The molecule has 2 aromatic heterocycles. The van der Waals surface area contributed by atoms with Gasteiger partial charge in [-0.15, -0.1) is 23.1 Å². The zero-order chi connectivity index (χ0) is 19.9. The molecule has 10 heteroatoms. The predicted molar refractivity (Wildman–Crippen MR) is 109 cm³/mol. The van der Waals surface area contributed by atoms with E-state index in [1.54, 1.807) is 0 Å². The smallest absolute Gasteiger partial charge is 0.342 e. The number of anilines is 1. The van der Waals surface area contributed by atoms with Crippen molar-refractivity contribution in [3.63, 3.8) is 0 Å². The van der Waals surface area contributed by atoms with Crippen LogP contribution in [-0.4, -0.2) is 53.9 Å². The lowest BCUT2D eigenvalue weighted by Gasteiger charge is -2.26. The molecule has 2 atom stereocenters. The second-order valence-corrected chi connectivity index (χ2v) is 9.32. The number of aromatic carboxylic acids is 1. The van der Waals surface area contributed by atoms with E-state index < -0.39 is 17.2 Å². The number of nitrogens with zero attached hydrogens (tertiary/aromatic N) is 2. The van der Waals surface area contributed by atoms with Crippen molar-refractivity contribution in [2.24, 2.45) is 0 Å². The molecule has 3 aromatic rings. The molecule has 2 N–H and O–H groups in total. The molecule has 2 saturated heterocycles. The predicted octanol–water partition coefficient (Wildman–Crippen LogP) is 2.13. The maximum Gasteiger partial charge on any atom is 0.342 e. The van der Waals surface area contributed by atoms with Gasteiger partial charge in [-0.25, -0.2) is 9.18 Å². The number of hydrogen-bond acceptors (Lipinski definition) is 7. The average molecular weight is 433 g/mol. The fraction of sp³-hybridized carbons (Fsp3) is 0.368. The normalized spacial score (nSPS) is 23.3. The highest BCUT2D eigenvalue weighted by Crippen LogP contribution is 2.45. The molecule has 2 fully saturated rings. The number of halogens is 1. The Morgan fingerprint density at radius 2 is 2.24 bits per heavy atom. The molecule has 0 spiro atoms. The molecular weight excluding hydrogens is 417 g/mol. The Balaban J connectivity index is 1.65. The number of nitrogens with one attached hydrogen (secondary N) is 1. The molecule has 150 valence electrons. The van der Waals surface area contributed by atoms with E-state index in [1.807, 2.05) is 14.7 Å². The number of fused-ring (bicyclic) bond motifs is 1. The number of benzene rings is 1. The standard InChI is InChI=1S/C19H16FN3O4S2/c20-10-3-9-14-17(15(10)22-4-11-12(5-22)27-2-1-21-11)28-6-8-7-29-18(23(8)14)13(16(9)24)19(25)26/h3,7,11-12,21H,1-2,4-6H2,(H,25,26)/t11-,12+/m0/s1. The summed E-state index contributed by atoms with van der Waals surface area (Å²) in [6.45, 7) is 2.63. The summed E-state index contributed by atoms with van der Waals surface area (Å²) in [4.78, 5) is 27.8. The molecule has 29 heavy (non-hydrogen) atoms. The van der Waals surface area contributed by atoms with Crippen molar-refractivity contribution in [2.45, 2.75) is 22.8 Å². The van der Waals surface area contributed by atoms with Gasteiger partial charge in [-0.2, -0.15) is 0 Å². The van der Waals surface area contributed by atoms with Crippen LogP contribution in [0.3, 0.4) is 0 Å². The number of carbonyl (C=O) groups is 1. The molecule has 0 saturated carbocycles. The number of carboxylic acid groups (broad SMARTS) is 1. The highest BCUT2D eigenvalue weighted by molar-refractivity contribution is 7.99. The number of ether oxygens (including phenoxy) is 1. The van der Waals surface area contributed by atoms with Crippen LogP contribution in [0.4, 0.5) is 10.1 Å². The highest BCUT2D eigenvalue weighted by atomic mass is 32.2. The maximum atomic E-state index is 15.3. The van der Waals surface area contributed by atoms with Gasteiger partial charge in [0.05, 0.1) is 40.2 Å². The molecule has 6 rings (SSSR count). The van der Waals surface area contributed by atoms with Gasteiger partial charge in [0.15, 0.2) is 0 Å². The Morgan fingerprint density at radius 1 is 1.38 bits per heavy atom. The first-order valence-electron chi connectivity index (χ1n) is 9.32. The second kappa shape index (κ2) is 6.18. The maximum absolute atomic E-state index is 15.3. The molecule has 0 bridgehead atoms. The van der Waals surface area contributed by atoms with Crippen molar-refractivity contribution in [3.05, 3.63) is 38.7 Å². The molecular formula is C19H16FN3O4S2. The third-order valence-electron chi connectivity index (χ3n) is 5.89. The summed E-state index contributed by atoms with van der Waals surface area (Å²) >= 11 is 2.75. The van der Waals surface area contributed by atoms with Crippen LogP contribution >= 0.6 is 23.1 Å². The van der Waals surface area contributed by atoms with Gasteiger partial charge in [0.1, 0.15) is 16.2 Å². The van der Waals surface area contributed by atoms with Crippen LogP contribution in [0.25, 0.3) is 15.7 Å². The van der Waals surface area contributed by atoms with E-state index in [0.717, 1.165) is 12.2 Å². The molecule has 0 aliphatic carbocycles. The van der Waals surface area contributed by atoms with E-state index in [-0.39, 0.29) is 23.1 Å². The minimum absolute atomic E-state index is 0.00785. The van der Waals surface area contributed by atoms with E-state index in [4.69, 9.17) is 4.74 Å². The van der Waals surface area contributed by atoms with Gasteiger partial charge < -0.3 is 24.5 Å². The third kappa shape index (κ3) is 2.37. The summed E-state index contributed by atoms with van der Waals surface area (Å²) in [7, 11) is 0. The van der Waals surface area contributed by atoms with Crippen molar-refractivity contribution in [3.8, 4) is 0 Å². The zero-order valence-electron chi connectivity index (χ0n) is 15.1. The fourth-order valence-electron chi connectivity index (χ4n) is 4.65. The van der Waals surface area contributed by atoms with Crippen molar-refractivity contribution in [1.82, 2.24) is 9.72 Å². The van der Waals surface area contributed by atoms with E-state index in [0.29, 0.717) is 46.4 Å². The molecule has 0 radical (unpaired) electrons. The number of rotatable bonds is 2. The van der Waals surface area contributed by atoms with Crippen LogP contribution in [0.5, 0.6) is 0 Å². The largest absolute Gasteiger partial charge is 0.477 e. The number of pyridine rings is 1. The lowest BCUT2D eigenvalue weighted by atomic mass is 10.1. The van der Waals surface area contributed by atoms with Crippen LogP contribution in [-0.2, 0) is 10.5 Å². The van der Waals surface area contributed by atoms with Crippen molar-refractivity contribution >= 4 is 50.5 Å². The summed E-state index contributed by atoms with van der Waals surface area (Å²) in [5.74, 6) is -1.18. The molecule has 1 aromatic carbocycles. The number of thiazole rings is 1. The lowest BCUT2D eigenvalue weighted by Crippen LogP contribution is -2.47. The average Bonchev–Trinajstić information content (AvgIpc) is 3.31. The van der Waals surface area contributed by atoms with Crippen molar-refractivity contribution < 1.29 is 19.0 Å². The SMILES string of the molecule is O=C(O)c1c(=O)c2cc(F)c(N3C[C@@H]4NCCO[C@@H]4C3)c3c2n2c(csc12)CS3. The van der Waals surface area contributed by atoms with E-state index in [9.17, 15) is 14.7 Å². The van der Waals surface area contributed by atoms with Gasteiger partial charge in [0.25, 0.3) is 0 Å². The van der Waals surface area contributed by atoms with Gasteiger partial charge in [-0.3, -0.25) is 4.79 Å². The summed E-state index contributed by atoms with van der Waals surface area (Å²) in [6.07, 6.45) is 0.00785. The van der Waals surface area contributed by atoms with Crippen LogP contribution in [0.15, 0.2) is 21.1 Å². The van der Waals surface area contributed by atoms with E-state index in [2.05, 4.69) is 5.32 Å². The summed E-state index contributed by atoms with van der Waals surface area (Å²) in [5, 5.41) is 15.0. The van der Waals surface area contributed by atoms with Crippen LogP contribution in [0.1, 0.15) is 16.1 Å². The number of hydrogen-bond donors (Lipinski definition) is 2. The Labute approximate surface area is 172 Å². The topological polar surface area (TPSA) is 83.3 Å². The zero-order valence-corrected chi connectivity index (χ0v) is 16.7. The first-order valence-corrected chi connectivity index (χ1v) is 11.2. The Kier molecular flexibility index (Phi) is 3.77. The molecule has 3 aliphatic rings. The third-order valence-corrected chi connectivity index (χ3v) is 8.01.